The van der Waals surface area contributed by atoms with Gasteiger partial charge in [-0.15, -0.1) is 0 Å². The van der Waals surface area contributed by atoms with Crippen LogP contribution in [0.4, 0.5) is 0 Å². The van der Waals surface area contributed by atoms with Crippen LogP contribution < -0.4 is 5.73 Å². The van der Waals surface area contributed by atoms with E-state index in [1.165, 1.54) is 89.9 Å². The van der Waals surface area contributed by atoms with E-state index in [9.17, 15) is 0 Å². The van der Waals surface area contributed by atoms with Crippen molar-refractivity contribution in [3.63, 3.8) is 0 Å². The van der Waals surface area contributed by atoms with Gasteiger partial charge in [-0.25, -0.2) is 0 Å². The average molecular weight is 474 g/mol. The summed E-state index contributed by atoms with van der Waals surface area (Å²) in [5.74, 6) is -0.645. The molecule has 33 heavy (non-hydrogen) atoms. The van der Waals surface area contributed by atoms with E-state index in [0.29, 0.717) is 26.4 Å². The highest BCUT2D eigenvalue weighted by Crippen LogP contribution is 2.33. The van der Waals surface area contributed by atoms with E-state index in [0.717, 1.165) is 19.3 Å². The molecule has 0 bridgehead atoms. The van der Waals surface area contributed by atoms with Crippen molar-refractivity contribution in [1.82, 2.24) is 0 Å². The Kier molecular flexibility index (Phi) is 29.8. The van der Waals surface area contributed by atoms with Gasteiger partial charge in [-0.3, -0.25) is 0 Å². The Bertz CT molecular complexity index is 327. The van der Waals surface area contributed by atoms with E-state index < -0.39 is 5.97 Å². The molecule has 0 amide bonds. The molecule has 0 saturated carbocycles. The molecule has 0 aromatic rings. The average Bonchev–Trinajstić information content (AvgIpc) is 2.81. The van der Waals surface area contributed by atoms with Crippen molar-refractivity contribution in [2.45, 2.75) is 157 Å². The first-order chi connectivity index (χ1) is 16.1. The summed E-state index contributed by atoms with van der Waals surface area (Å²) < 4.78 is 17.9. The van der Waals surface area contributed by atoms with E-state index >= 15 is 0 Å². The van der Waals surface area contributed by atoms with Gasteiger partial charge in [0.15, 0.2) is 0 Å². The van der Waals surface area contributed by atoms with Gasteiger partial charge in [0.2, 0.25) is 0 Å². The summed E-state index contributed by atoms with van der Waals surface area (Å²) in [6.45, 7) is 15.3. The zero-order valence-electron chi connectivity index (χ0n) is 23.7. The fourth-order valence-corrected chi connectivity index (χ4v) is 4.32. The van der Waals surface area contributed by atoms with Gasteiger partial charge in [-0.2, -0.15) is 0 Å². The summed E-state index contributed by atoms with van der Waals surface area (Å²) in [5, 5.41) is 0. The summed E-state index contributed by atoms with van der Waals surface area (Å²) >= 11 is 0. The molecule has 0 fully saturated rings. The molecule has 4 nitrogen and oxygen atoms in total. The van der Waals surface area contributed by atoms with E-state index in [4.69, 9.17) is 19.9 Å². The lowest BCUT2D eigenvalue weighted by molar-refractivity contribution is -0.403. The smallest absolute Gasteiger partial charge is 0.285 e. The van der Waals surface area contributed by atoms with Crippen molar-refractivity contribution >= 4 is 0 Å². The maximum Gasteiger partial charge on any atom is 0.285 e. The van der Waals surface area contributed by atoms with Crippen molar-refractivity contribution in [3.05, 3.63) is 0 Å². The minimum absolute atomic E-state index is 0.247. The van der Waals surface area contributed by atoms with Crippen molar-refractivity contribution in [1.29, 1.82) is 0 Å². The Labute approximate surface area is 209 Å². The van der Waals surface area contributed by atoms with Gasteiger partial charge in [0.1, 0.15) is 0 Å². The molecular formula is C29H63NO3. The fraction of sp³-hybridized carbons (Fsp3) is 1.00. The highest BCUT2D eigenvalue weighted by Gasteiger charge is 2.41. The normalized spacial score (nSPS) is 12.5. The SMILES string of the molecule is CCCCCCCCC(CCCN)C(OCC)(OCC)OCC.CCCCCCCCCC. The first-order valence-corrected chi connectivity index (χ1v) is 14.7. The van der Waals surface area contributed by atoms with Gasteiger partial charge in [0.05, 0.1) is 0 Å². The molecule has 2 N–H and O–H groups in total. The van der Waals surface area contributed by atoms with Crippen LogP contribution >= 0.6 is 0 Å². The monoisotopic (exact) mass is 473 g/mol. The molecule has 0 saturated heterocycles. The van der Waals surface area contributed by atoms with Crippen LogP contribution in [0.25, 0.3) is 0 Å². The molecule has 0 aromatic heterocycles. The third-order valence-corrected chi connectivity index (χ3v) is 6.16. The second kappa shape index (κ2) is 28.1. The molecule has 0 heterocycles. The highest BCUT2D eigenvalue weighted by molar-refractivity contribution is 4.73. The topological polar surface area (TPSA) is 53.7 Å². The molecule has 0 radical (unpaired) electrons. The third-order valence-electron chi connectivity index (χ3n) is 6.16. The molecule has 0 aliphatic rings. The van der Waals surface area contributed by atoms with Crippen LogP contribution in [0.3, 0.4) is 0 Å². The second-order valence-corrected chi connectivity index (χ2v) is 9.21. The van der Waals surface area contributed by atoms with Crippen molar-refractivity contribution in [2.75, 3.05) is 26.4 Å². The number of nitrogens with two attached hydrogens (primary N) is 1. The van der Waals surface area contributed by atoms with Crippen molar-refractivity contribution in [3.8, 4) is 0 Å². The summed E-state index contributed by atoms with van der Waals surface area (Å²) in [5.41, 5.74) is 5.73. The molecule has 1 atom stereocenters. The van der Waals surface area contributed by atoms with Gasteiger partial charge in [0, 0.05) is 25.7 Å². The van der Waals surface area contributed by atoms with Crippen LogP contribution in [0.1, 0.15) is 151 Å². The molecule has 0 aliphatic carbocycles. The number of rotatable bonds is 24. The van der Waals surface area contributed by atoms with Crippen LogP contribution in [0.15, 0.2) is 0 Å². The van der Waals surface area contributed by atoms with Gasteiger partial charge in [0.25, 0.3) is 5.97 Å². The third kappa shape index (κ3) is 20.9. The van der Waals surface area contributed by atoms with E-state index in [1.807, 2.05) is 20.8 Å². The van der Waals surface area contributed by atoms with Gasteiger partial charge in [-0.1, -0.05) is 111 Å². The number of unbranched alkanes of at least 4 members (excludes halogenated alkanes) is 12. The van der Waals surface area contributed by atoms with Crippen LogP contribution in [0.2, 0.25) is 0 Å². The Hall–Kier alpha value is -0.160. The van der Waals surface area contributed by atoms with Crippen LogP contribution in [-0.4, -0.2) is 32.3 Å². The summed E-state index contributed by atoms with van der Waals surface area (Å²) in [4.78, 5) is 0. The lowest BCUT2D eigenvalue weighted by Crippen LogP contribution is -2.47. The second-order valence-electron chi connectivity index (χ2n) is 9.21. The predicted octanol–water partition coefficient (Wildman–Crippen LogP) is 9.00. The molecule has 0 spiro atoms. The Morgan fingerprint density at radius 2 is 0.818 bits per heavy atom. The van der Waals surface area contributed by atoms with Crippen molar-refractivity contribution < 1.29 is 14.2 Å². The predicted molar refractivity (Wildman–Crippen MR) is 146 cm³/mol. The molecule has 202 valence electrons. The van der Waals surface area contributed by atoms with Crippen LogP contribution in [0, 0.1) is 5.92 Å². The maximum absolute atomic E-state index is 5.98. The standard InChI is InChI=1S/C19H41NO3.C10H22/c1-5-9-10-11-12-13-15-18(16-14-17-20)19(21-6-2,22-7-3)23-8-4;1-3-5-7-9-10-8-6-4-2/h18H,5-17,20H2,1-4H3;3-10H2,1-2H3. The van der Waals surface area contributed by atoms with Gasteiger partial charge < -0.3 is 19.9 Å². The van der Waals surface area contributed by atoms with Crippen LogP contribution in [0.5, 0.6) is 0 Å². The quantitative estimate of drug-likeness (QED) is 0.112. The van der Waals surface area contributed by atoms with Gasteiger partial charge in [-0.05, 0) is 46.6 Å². The number of hydrogen-bond donors (Lipinski definition) is 1. The lowest BCUT2D eigenvalue weighted by Gasteiger charge is -2.39. The molecule has 0 rings (SSSR count). The fourth-order valence-electron chi connectivity index (χ4n) is 4.32. The van der Waals surface area contributed by atoms with E-state index in [-0.39, 0.29) is 5.92 Å². The first kappa shape index (κ1) is 35.0. The van der Waals surface area contributed by atoms with Gasteiger partial charge >= 0.3 is 0 Å². The molecule has 0 aromatic carbocycles. The van der Waals surface area contributed by atoms with Crippen molar-refractivity contribution in [2.24, 2.45) is 11.7 Å². The Balaban J connectivity index is 0. The zero-order chi connectivity index (χ0) is 25.0. The molecular weight excluding hydrogens is 410 g/mol. The zero-order valence-corrected chi connectivity index (χ0v) is 23.7. The Morgan fingerprint density at radius 3 is 1.15 bits per heavy atom. The van der Waals surface area contributed by atoms with Crippen LogP contribution in [-0.2, 0) is 14.2 Å². The minimum atomic E-state index is -0.892. The van der Waals surface area contributed by atoms with E-state index in [2.05, 4.69) is 20.8 Å². The molecule has 0 aliphatic heterocycles. The number of hydrogen-bond acceptors (Lipinski definition) is 4. The summed E-state index contributed by atoms with van der Waals surface area (Å²) in [6, 6.07) is 0. The summed E-state index contributed by atoms with van der Waals surface area (Å²) in [6.07, 6.45) is 22.3. The molecule has 4 heteroatoms. The maximum atomic E-state index is 5.98. The first-order valence-electron chi connectivity index (χ1n) is 14.7. The summed E-state index contributed by atoms with van der Waals surface area (Å²) in [7, 11) is 0. The lowest BCUT2D eigenvalue weighted by atomic mass is 9.92. The largest absolute Gasteiger partial charge is 0.330 e. The minimum Gasteiger partial charge on any atom is -0.330 e. The number of ether oxygens (including phenoxy) is 3. The Morgan fingerprint density at radius 1 is 0.485 bits per heavy atom. The highest BCUT2D eigenvalue weighted by atomic mass is 16.9. The molecule has 1 unspecified atom stereocenters. The van der Waals surface area contributed by atoms with E-state index in [1.54, 1.807) is 0 Å².